The van der Waals surface area contributed by atoms with Crippen LogP contribution in [0.5, 0.6) is 5.75 Å². The van der Waals surface area contributed by atoms with E-state index in [-0.39, 0.29) is 27.0 Å². The van der Waals surface area contributed by atoms with Crippen LogP contribution in [0.1, 0.15) is 62.8 Å². The van der Waals surface area contributed by atoms with E-state index in [1.165, 1.54) is 23.8 Å². The van der Waals surface area contributed by atoms with Gasteiger partial charge in [0.2, 0.25) is 0 Å². The Morgan fingerprint density at radius 2 is 1.59 bits per heavy atom. The van der Waals surface area contributed by atoms with Crippen LogP contribution in [0, 0.1) is 6.92 Å². The molecule has 2 amide bonds. The van der Waals surface area contributed by atoms with E-state index >= 15 is 0 Å². The summed E-state index contributed by atoms with van der Waals surface area (Å²) in [6, 6.07) is 8.33. The van der Waals surface area contributed by atoms with Gasteiger partial charge >= 0.3 is 6.36 Å². The molecule has 0 bridgehead atoms. The zero-order valence-corrected chi connectivity index (χ0v) is 20.5. The van der Waals surface area contributed by atoms with E-state index < -0.39 is 17.5 Å². The number of amides is 2. The lowest BCUT2D eigenvalue weighted by molar-refractivity contribution is -0.274. The van der Waals surface area contributed by atoms with Gasteiger partial charge < -0.3 is 4.74 Å². The van der Waals surface area contributed by atoms with Gasteiger partial charge in [0.25, 0.3) is 11.1 Å². The molecule has 8 heteroatoms. The summed E-state index contributed by atoms with van der Waals surface area (Å²) in [5.41, 5.74) is 4.41. The van der Waals surface area contributed by atoms with Crippen molar-refractivity contribution in [1.82, 2.24) is 5.32 Å². The predicted molar refractivity (Wildman–Crippen MR) is 128 cm³/mol. The van der Waals surface area contributed by atoms with Gasteiger partial charge in [-0.05, 0) is 94.4 Å². The van der Waals surface area contributed by atoms with Crippen molar-refractivity contribution in [3.05, 3.63) is 57.5 Å². The predicted octanol–water partition coefficient (Wildman–Crippen LogP) is 7.23. The first-order chi connectivity index (χ1) is 15.7. The van der Waals surface area contributed by atoms with Crippen molar-refractivity contribution in [2.75, 3.05) is 0 Å². The molecule has 2 aromatic carbocycles. The Morgan fingerprint density at radius 1 is 0.971 bits per heavy atom. The number of rotatable bonds is 3. The van der Waals surface area contributed by atoms with E-state index in [0.29, 0.717) is 11.1 Å². The van der Waals surface area contributed by atoms with E-state index in [2.05, 4.69) is 43.8 Å². The standard InChI is InChI=1S/C26H26F3NO3S/c1-14-10-18-19(25(4,5)9-8-24(18,2)3)13-16(14)17-11-15(6-7-20(17)33-26(27,28)29)12-21-22(31)30-23(32)34-21/h6-7,10-13H,8-9H2,1-5H3,(H,30,31,32)/b21-12+. The lowest BCUT2D eigenvalue weighted by Crippen LogP contribution is -2.34. The molecular formula is C26H26F3NO3S. The van der Waals surface area contributed by atoms with Crippen molar-refractivity contribution in [2.24, 2.45) is 0 Å². The Kier molecular flexibility index (Phi) is 5.87. The average molecular weight is 490 g/mol. The third kappa shape index (κ3) is 4.73. The molecule has 1 aliphatic heterocycles. The molecule has 0 spiro atoms. The molecule has 0 saturated carbocycles. The second-order valence-electron chi connectivity index (χ2n) is 10.1. The van der Waals surface area contributed by atoms with Gasteiger partial charge in [-0.2, -0.15) is 0 Å². The smallest absolute Gasteiger partial charge is 0.405 e. The van der Waals surface area contributed by atoms with Gasteiger partial charge in [0, 0.05) is 5.56 Å². The molecule has 4 rings (SSSR count). The highest BCUT2D eigenvalue weighted by atomic mass is 32.2. The van der Waals surface area contributed by atoms with E-state index in [1.807, 2.05) is 13.0 Å². The highest BCUT2D eigenvalue weighted by molar-refractivity contribution is 8.18. The summed E-state index contributed by atoms with van der Waals surface area (Å²) < 4.78 is 44.1. The SMILES string of the molecule is Cc1cc2c(cc1-c1cc(/C=C3/SC(=O)NC3=O)ccc1OC(F)(F)F)C(C)(C)CCC2(C)C. The Hall–Kier alpha value is -2.74. The molecule has 0 radical (unpaired) electrons. The first-order valence-corrected chi connectivity index (χ1v) is 11.8. The Labute approximate surface area is 201 Å². The van der Waals surface area contributed by atoms with Crippen LogP contribution in [0.3, 0.4) is 0 Å². The maximum Gasteiger partial charge on any atom is 0.573 e. The molecular weight excluding hydrogens is 463 g/mol. The number of carbonyl (C=O) groups is 2. The topological polar surface area (TPSA) is 55.4 Å². The molecule has 180 valence electrons. The monoisotopic (exact) mass is 489 g/mol. The summed E-state index contributed by atoms with van der Waals surface area (Å²) in [5, 5.41) is 1.70. The number of nitrogens with one attached hydrogen (secondary N) is 1. The number of fused-ring (bicyclic) bond motifs is 1. The minimum atomic E-state index is -4.86. The Balaban J connectivity index is 1.91. The number of benzene rings is 2. The third-order valence-electron chi connectivity index (χ3n) is 6.66. The van der Waals surface area contributed by atoms with Gasteiger partial charge in [0.15, 0.2) is 0 Å². The number of imide groups is 1. The summed E-state index contributed by atoms with van der Waals surface area (Å²) in [7, 11) is 0. The Morgan fingerprint density at radius 3 is 2.15 bits per heavy atom. The highest BCUT2D eigenvalue weighted by Crippen LogP contribution is 2.48. The quantitative estimate of drug-likeness (QED) is 0.462. The molecule has 1 saturated heterocycles. The lowest BCUT2D eigenvalue weighted by Gasteiger charge is -2.42. The molecule has 0 atom stereocenters. The highest BCUT2D eigenvalue weighted by Gasteiger charge is 2.38. The van der Waals surface area contributed by atoms with Crippen molar-refractivity contribution in [2.45, 2.75) is 64.7 Å². The van der Waals surface area contributed by atoms with Gasteiger partial charge in [-0.3, -0.25) is 14.9 Å². The van der Waals surface area contributed by atoms with Crippen LogP contribution < -0.4 is 10.1 Å². The first kappa shape index (κ1) is 24.4. The Bertz CT molecular complexity index is 1230. The van der Waals surface area contributed by atoms with Gasteiger partial charge in [-0.15, -0.1) is 13.2 Å². The second kappa shape index (κ2) is 8.18. The maximum atomic E-state index is 13.2. The molecule has 1 heterocycles. The number of aryl methyl sites for hydroxylation is 1. The lowest BCUT2D eigenvalue weighted by atomic mass is 9.62. The number of hydrogen-bond donors (Lipinski definition) is 1. The molecule has 2 aromatic rings. The number of halogens is 3. The summed E-state index contributed by atoms with van der Waals surface area (Å²) >= 11 is 0.756. The fraction of sp³-hybridized carbons (Fsp3) is 0.385. The summed E-state index contributed by atoms with van der Waals surface area (Å²) in [4.78, 5) is 23.6. The number of alkyl halides is 3. The van der Waals surface area contributed by atoms with Crippen molar-refractivity contribution in [1.29, 1.82) is 0 Å². The van der Waals surface area contributed by atoms with E-state index in [9.17, 15) is 22.8 Å². The van der Waals surface area contributed by atoms with Crippen molar-refractivity contribution in [3.63, 3.8) is 0 Å². The van der Waals surface area contributed by atoms with Crippen LogP contribution in [0.25, 0.3) is 17.2 Å². The number of ether oxygens (including phenoxy) is 1. The molecule has 1 aliphatic carbocycles. The van der Waals surface area contributed by atoms with E-state index in [4.69, 9.17) is 0 Å². The van der Waals surface area contributed by atoms with Crippen molar-refractivity contribution >= 4 is 29.0 Å². The minimum absolute atomic E-state index is 0.0364. The minimum Gasteiger partial charge on any atom is -0.405 e. The fourth-order valence-electron chi connectivity index (χ4n) is 4.65. The van der Waals surface area contributed by atoms with Crippen LogP contribution in [0.15, 0.2) is 35.2 Å². The van der Waals surface area contributed by atoms with Crippen molar-refractivity contribution in [3.8, 4) is 16.9 Å². The summed E-state index contributed by atoms with van der Waals surface area (Å²) in [5.74, 6) is -0.841. The zero-order valence-electron chi connectivity index (χ0n) is 19.6. The average Bonchev–Trinajstić information content (AvgIpc) is 3.02. The molecule has 4 nitrogen and oxygen atoms in total. The maximum absolute atomic E-state index is 13.2. The van der Waals surface area contributed by atoms with Crippen LogP contribution in [0.2, 0.25) is 0 Å². The van der Waals surface area contributed by atoms with E-state index in [0.717, 1.165) is 35.7 Å². The molecule has 0 aromatic heterocycles. The third-order valence-corrected chi connectivity index (χ3v) is 7.47. The molecule has 34 heavy (non-hydrogen) atoms. The summed E-state index contributed by atoms with van der Waals surface area (Å²) in [6.07, 6.45) is -1.37. The fourth-order valence-corrected chi connectivity index (χ4v) is 5.33. The number of hydrogen-bond acceptors (Lipinski definition) is 4. The largest absolute Gasteiger partial charge is 0.573 e. The first-order valence-electron chi connectivity index (χ1n) is 11.0. The van der Waals surface area contributed by atoms with E-state index in [1.54, 1.807) is 6.07 Å². The molecule has 1 N–H and O–H groups in total. The van der Waals surface area contributed by atoms with Gasteiger partial charge in [-0.25, -0.2) is 0 Å². The van der Waals surface area contributed by atoms with Crippen LogP contribution >= 0.6 is 11.8 Å². The number of thioether (sulfide) groups is 1. The summed E-state index contributed by atoms with van der Waals surface area (Å²) in [6.45, 7) is 10.6. The molecule has 0 unspecified atom stereocenters. The molecule has 2 aliphatic rings. The van der Waals surface area contributed by atoms with Crippen LogP contribution in [-0.4, -0.2) is 17.5 Å². The van der Waals surface area contributed by atoms with Crippen LogP contribution in [0.4, 0.5) is 18.0 Å². The van der Waals surface area contributed by atoms with Crippen molar-refractivity contribution < 1.29 is 27.5 Å². The number of carbonyl (C=O) groups excluding carboxylic acids is 2. The normalized spacial score (nSPS) is 20.3. The van der Waals surface area contributed by atoms with Gasteiger partial charge in [0.1, 0.15) is 5.75 Å². The zero-order chi connectivity index (χ0) is 25.1. The molecule has 1 fully saturated rings. The van der Waals surface area contributed by atoms with Crippen LogP contribution in [-0.2, 0) is 15.6 Å². The van der Waals surface area contributed by atoms with Gasteiger partial charge in [0.05, 0.1) is 4.91 Å². The second-order valence-corrected chi connectivity index (χ2v) is 11.2. The van der Waals surface area contributed by atoms with Gasteiger partial charge in [-0.1, -0.05) is 39.8 Å².